The number of rotatable bonds is 5. The Bertz CT molecular complexity index is 1140. The average Bonchev–Trinajstić information content (AvgIpc) is 3.04. The normalized spacial score (nSPS) is 14.8. The lowest BCUT2D eigenvalue weighted by atomic mass is 10.1. The van der Waals surface area contributed by atoms with Gasteiger partial charge in [-0.3, -0.25) is 9.59 Å². The van der Waals surface area contributed by atoms with E-state index in [1.807, 2.05) is 25.1 Å². The van der Waals surface area contributed by atoms with E-state index in [2.05, 4.69) is 26.3 Å². The molecular formula is C23H28N4O3. The highest BCUT2D eigenvalue weighted by molar-refractivity contribution is 6.08. The zero-order valence-corrected chi connectivity index (χ0v) is 17.7. The van der Waals surface area contributed by atoms with Gasteiger partial charge in [0.1, 0.15) is 5.75 Å². The Kier molecular flexibility index (Phi) is 5.63. The molecule has 0 radical (unpaired) electrons. The highest BCUT2D eigenvalue weighted by atomic mass is 16.5. The maximum absolute atomic E-state index is 13.2. The summed E-state index contributed by atoms with van der Waals surface area (Å²) in [5.74, 6) is 0.295. The molecule has 1 amide bonds. The monoisotopic (exact) mass is 408 g/mol. The second-order valence-corrected chi connectivity index (χ2v) is 7.84. The number of pyridine rings is 1. The van der Waals surface area contributed by atoms with E-state index in [-0.39, 0.29) is 18.0 Å². The first-order chi connectivity index (χ1) is 14.5. The van der Waals surface area contributed by atoms with Crippen molar-refractivity contribution in [1.29, 1.82) is 0 Å². The number of piperidine rings is 1. The maximum atomic E-state index is 13.2. The molecule has 0 saturated carbocycles. The molecule has 2 aromatic heterocycles. The van der Waals surface area contributed by atoms with Gasteiger partial charge in [0.2, 0.25) is 0 Å². The SMILES string of the molecule is COc1cc(C)[nH]c(=O)c1CNC(=O)c1c(C)n(C2CCNCC2)c2ccccc12. The molecule has 1 aliphatic heterocycles. The van der Waals surface area contributed by atoms with Gasteiger partial charge in [-0.2, -0.15) is 0 Å². The van der Waals surface area contributed by atoms with Gasteiger partial charge in [-0.15, -0.1) is 0 Å². The van der Waals surface area contributed by atoms with Crippen LogP contribution in [0.15, 0.2) is 35.1 Å². The highest BCUT2D eigenvalue weighted by Crippen LogP contribution is 2.32. The summed E-state index contributed by atoms with van der Waals surface area (Å²) >= 11 is 0. The van der Waals surface area contributed by atoms with Crippen LogP contribution in [0.25, 0.3) is 10.9 Å². The third-order valence-corrected chi connectivity index (χ3v) is 5.93. The maximum Gasteiger partial charge on any atom is 0.256 e. The van der Waals surface area contributed by atoms with Gasteiger partial charge in [-0.05, 0) is 51.9 Å². The number of hydrogen-bond donors (Lipinski definition) is 3. The first-order valence-corrected chi connectivity index (χ1v) is 10.4. The summed E-state index contributed by atoms with van der Waals surface area (Å²) in [6, 6.07) is 10.2. The number of benzene rings is 1. The second kappa shape index (κ2) is 8.36. The number of amides is 1. The van der Waals surface area contributed by atoms with Gasteiger partial charge in [0.25, 0.3) is 11.5 Å². The average molecular weight is 409 g/mol. The number of hydrogen-bond acceptors (Lipinski definition) is 4. The smallest absolute Gasteiger partial charge is 0.256 e. The minimum Gasteiger partial charge on any atom is -0.496 e. The van der Waals surface area contributed by atoms with Crippen LogP contribution >= 0.6 is 0 Å². The standard InChI is InChI=1S/C23H28N4O3/c1-14-12-20(30-3)18(22(28)26-14)13-25-23(29)21-15(2)27(16-8-10-24-11-9-16)19-7-5-4-6-17(19)21/h4-7,12,16,24H,8-11,13H2,1-3H3,(H,25,29)(H,26,28). The topological polar surface area (TPSA) is 88.2 Å². The van der Waals surface area contributed by atoms with E-state index < -0.39 is 0 Å². The first-order valence-electron chi connectivity index (χ1n) is 10.4. The van der Waals surface area contributed by atoms with E-state index in [4.69, 9.17) is 4.74 Å². The van der Waals surface area contributed by atoms with Crippen LogP contribution in [0.5, 0.6) is 5.75 Å². The molecule has 1 fully saturated rings. The van der Waals surface area contributed by atoms with E-state index in [0.29, 0.717) is 28.6 Å². The van der Waals surface area contributed by atoms with E-state index in [0.717, 1.165) is 42.5 Å². The number of nitrogens with one attached hydrogen (secondary N) is 3. The molecule has 0 atom stereocenters. The van der Waals surface area contributed by atoms with Crippen LogP contribution < -0.4 is 20.9 Å². The molecule has 0 spiro atoms. The molecular weight excluding hydrogens is 380 g/mol. The summed E-state index contributed by atoms with van der Waals surface area (Å²) in [6.07, 6.45) is 2.08. The van der Waals surface area contributed by atoms with Crippen LogP contribution in [0.4, 0.5) is 0 Å². The zero-order chi connectivity index (χ0) is 21.3. The summed E-state index contributed by atoms with van der Waals surface area (Å²) in [7, 11) is 1.52. The Balaban J connectivity index is 1.68. The van der Waals surface area contributed by atoms with Gasteiger partial charge in [0.15, 0.2) is 0 Å². The Morgan fingerprint density at radius 1 is 1.23 bits per heavy atom. The molecule has 1 saturated heterocycles. The van der Waals surface area contributed by atoms with Gasteiger partial charge in [-0.1, -0.05) is 18.2 Å². The van der Waals surface area contributed by atoms with E-state index >= 15 is 0 Å². The molecule has 0 bridgehead atoms. The summed E-state index contributed by atoms with van der Waals surface area (Å²) < 4.78 is 7.65. The molecule has 1 aromatic carbocycles. The van der Waals surface area contributed by atoms with Gasteiger partial charge >= 0.3 is 0 Å². The number of carbonyl (C=O) groups excluding carboxylic acids is 1. The van der Waals surface area contributed by atoms with Crippen molar-refractivity contribution in [1.82, 2.24) is 20.2 Å². The molecule has 0 unspecified atom stereocenters. The third kappa shape index (κ3) is 3.61. The van der Waals surface area contributed by atoms with Crippen LogP contribution in [0.2, 0.25) is 0 Å². The van der Waals surface area contributed by atoms with Gasteiger partial charge in [0.05, 0.1) is 24.8 Å². The van der Waals surface area contributed by atoms with Crippen molar-refractivity contribution in [2.75, 3.05) is 20.2 Å². The van der Waals surface area contributed by atoms with E-state index in [1.54, 1.807) is 13.0 Å². The third-order valence-electron chi connectivity index (χ3n) is 5.93. The van der Waals surface area contributed by atoms with Crippen molar-refractivity contribution >= 4 is 16.8 Å². The Hall–Kier alpha value is -3.06. The summed E-state index contributed by atoms with van der Waals surface area (Å²) in [5.41, 5.74) is 3.60. The lowest BCUT2D eigenvalue weighted by molar-refractivity contribution is 0.0951. The van der Waals surface area contributed by atoms with Crippen molar-refractivity contribution in [2.24, 2.45) is 0 Å². The van der Waals surface area contributed by atoms with Crippen LogP contribution in [0, 0.1) is 13.8 Å². The molecule has 4 rings (SSSR count). The van der Waals surface area contributed by atoms with E-state index in [9.17, 15) is 9.59 Å². The minimum absolute atomic E-state index is 0.101. The molecule has 3 N–H and O–H groups in total. The molecule has 30 heavy (non-hydrogen) atoms. The van der Waals surface area contributed by atoms with Crippen molar-refractivity contribution in [3.63, 3.8) is 0 Å². The summed E-state index contributed by atoms with van der Waals surface area (Å²) in [5, 5.41) is 7.28. The quantitative estimate of drug-likeness (QED) is 0.606. The van der Waals surface area contributed by atoms with Crippen molar-refractivity contribution in [3.05, 3.63) is 63.2 Å². The van der Waals surface area contributed by atoms with Crippen LogP contribution in [0.3, 0.4) is 0 Å². The fourth-order valence-corrected chi connectivity index (χ4v) is 4.51. The van der Waals surface area contributed by atoms with E-state index in [1.165, 1.54) is 7.11 Å². The number of para-hydroxylation sites is 1. The van der Waals surface area contributed by atoms with Gasteiger partial charge < -0.3 is 24.9 Å². The van der Waals surface area contributed by atoms with Crippen LogP contribution in [-0.4, -0.2) is 35.7 Å². The fraction of sp³-hybridized carbons (Fsp3) is 0.391. The Labute approximate surface area is 175 Å². The number of aromatic amines is 1. The van der Waals surface area contributed by atoms with Crippen molar-refractivity contribution < 1.29 is 9.53 Å². The number of methoxy groups -OCH3 is 1. The van der Waals surface area contributed by atoms with Gasteiger partial charge in [0, 0.05) is 28.3 Å². The number of aromatic nitrogens is 2. The number of ether oxygens (including phenoxy) is 1. The molecule has 7 heteroatoms. The number of fused-ring (bicyclic) bond motifs is 1. The van der Waals surface area contributed by atoms with Crippen molar-refractivity contribution in [2.45, 2.75) is 39.3 Å². The molecule has 1 aliphatic rings. The zero-order valence-electron chi connectivity index (χ0n) is 17.7. The lowest BCUT2D eigenvalue weighted by Gasteiger charge is -2.26. The summed E-state index contributed by atoms with van der Waals surface area (Å²) in [4.78, 5) is 28.4. The Morgan fingerprint density at radius 2 is 1.97 bits per heavy atom. The molecule has 7 nitrogen and oxygen atoms in total. The lowest BCUT2D eigenvalue weighted by Crippen LogP contribution is -2.30. The van der Waals surface area contributed by atoms with Crippen molar-refractivity contribution in [3.8, 4) is 5.75 Å². The molecule has 158 valence electrons. The van der Waals surface area contributed by atoms with Crippen LogP contribution in [-0.2, 0) is 6.54 Å². The van der Waals surface area contributed by atoms with Crippen LogP contribution in [0.1, 0.15) is 46.2 Å². The highest BCUT2D eigenvalue weighted by Gasteiger charge is 2.25. The predicted octanol–water partition coefficient (Wildman–Crippen LogP) is 2.81. The Morgan fingerprint density at radius 3 is 2.70 bits per heavy atom. The fourth-order valence-electron chi connectivity index (χ4n) is 4.51. The first kappa shape index (κ1) is 20.2. The second-order valence-electron chi connectivity index (χ2n) is 7.84. The number of aryl methyl sites for hydroxylation is 1. The number of carbonyl (C=O) groups is 1. The number of nitrogens with zero attached hydrogens (tertiary/aromatic N) is 1. The minimum atomic E-state index is -0.249. The predicted molar refractivity (Wildman–Crippen MR) is 117 cm³/mol. The molecule has 0 aliphatic carbocycles. The largest absolute Gasteiger partial charge is 0.496 e. The number of H-pyrrole nitrogens is 1. The van der Waals surface area contributed by atoms with Gasteiger partial charge in [-0.25, -0.2) is 0 Å². The molecule has 3 aromatic rings. The summed E-state index contributed by atoms with van der Waals surface area (Å²) in [6.45, 7) is 5.87. The molecule has 3 heterocycles.